The lowest BCUT2D eigenvalue weighted by Gasteiger charge is -1.90. The van der Waals surface area contributed by atoms with E-state index < -0.39 is 0 Å². The van der Waals surface area contributed by atoms with E-state index in [2.05, 4.69) is 5.43 Å². The molecule has 1 rings (SSSR count). The Hall–Kier alpha value is -0.380. The maximum atomic E-state index is 9.97. The maximum absolute atomic E-state index is 9.97. The standard InChI is InChI=1S/C2H4N2OS/c5-4-2-6-1-3-4/h2-3H,1H2. The number of hydrogen-bond donors (Lipinski definition) is 1. The van der Waals surface area contributed by atoms with Crippen molar-refractivity contribution in [2.45, 2.75) is 0 Å². The smallest absolute Gasteiger partial charge is 0.242 e. The van der Waals surface area contributed by atoms with E-state index in [0.29, 0.717) is 10.7 Å². The predicted molar refractivity (Wildman–Crippen MR) is 25.3 cm³/mol. The molecule has 1 aliphatic heterocycles. The van der Waals surface area contributed by atoms with E-state index in [1.165, 1.54) is 17.3 Å². The van der Waals surface area contributed by atoms with E-state index >= 15 is 0 Å². The lowest BCUT2D eigenvalue weighted by molar-refractivity contribution is -0.509. The van der Waals surface area contributed by atoms with Gasteiger partial charge in [-0.2, -0.15) is 5.43 Å². The molecule has 0 aliphatic carbocycles. The van der Waals surface area contributed by atoms with Crippen LogP contribution in [-0.4, -0.2) is 16.3 Å². The molecule has 0 aromatic carbocycles. The molecule has 0 aromatic rings. The van der Waals surface area contributed by atoms with Crippen molar-refractivity contribution in [1.82, 2.24) is 5.43 Å². The fraction of sp³-hybridized carbons (Fsp3) is 0.500. The van der Waals surface area contributed by atoms with Crippen LogP contribution in [0.2, 0.25) is 0 Å². The summed E-state index contributed by atoms with van der Waals surface area (Å²) in [5, 5.41) is 9.97. The van der Waals surface area contributed by atoms with Crippen molar-refractivity contribution in [3.05, 3.63) is 5.21 Å². The highest BCUT2D eigenvalue weighted by Gasteiger charge is 1.98. The molecule has 1 heterocycles. The minimum Gasteiger partial charge on any atom is -0.596 e. The van der Waals surface area contributed by atoms with Gasteiger partial charge in [-0.3, -0.25) is 0 Å². The summed E-state index contributed by atoms with van der Waals surface area (Å²) in [6.45, 7) is 0. The Labute approximate surface area is 39.6 Å². The first kappa shape index (κ1) is 3.80. The number of thioether (sulfide) groups is 1. The second kappa shape index (κ2) is 1.38. The highest BCUT2D eigenvalue weighted by Crippen LogP contribution is 1.94. The fourth-order valence-electron chi connectivity index (χ4n) is 0.243. The summed E-state index contributed by atoms with van der Waals surface area (Å²) in [5.74, 6) is 0.712. The molecule has 0 bridgehead atoms. The zero-order chi connectivity index (χ0) is 4.41. The Kier molecular flexibility index (Phi) is 0.874. The third-order valence-electron chi connectivity index (χ3n) is 0.474. The van der Waals surface area contributed by atoms with Crippen LogP contribution in [0.4, 0.5) is 0 Å². The minimum atomic E-state index is 0.699. The van der Waals surface area contributed by atoms with Gasteiger partial charge >= 0.3 is 0 Å². The summed E-state index contributed by atoms with van der Waals surface area (Å²) >= 11 is 1.46. The second-order valence-corrected chi connectivity index (χ2v) is 1.73. The van der Waals surface area contributed by atoms with E-state index in [-0.39, 0.29) is 0 Å². The van der Waals surface area contributed by atoms with Crippen molar-refractivity contribution in [1.29, 1.82) is 0 Å². The second-order valence-electron chi connectivity index (χ2n) is 0.900. The first-order chi connectivity index (χ1) is 2.89. The third-order valence-corrected chi connectivity index (χ3v) is 1.11. The van der Waals surface area contributed by atoms with Crippen molar-refractivity contribution in [3.63, 3.8) is 0 Å². The first-order valence-corrected chi connectivity index (χ1v) is 2.59. The Balaban J connectivity index is 2.45. The molecule has 0 unspecified atom stereocenters. The molecule has 1 N–H and O–H groups in total. The summed E-state index contributed by atoms with van der Waals surface area (Å²) in [7, 11) is 0. The van der Waals surface area contributed by atoms with Crippen LogP contribution in [0, 0.1) is 5.21 Å². The van der Waals surface area contributed by atoms with Gasteiger partial charge < -0.3 is 5.21 Å². The first-order valence-electron chi connectivity index (χ1n) is 1.54. The molecule has 4 heteroatoms. The Morgan fingerprint density at radius 1 is 2.00 bits per heavy atom. The zero-order valence-electron chi connectivity index (χ0n) is 3.05. The molecule has 0 amide bonds. The molecule has 0 fully saturated rings. The van der Waals surface area contributed by atoms with Gasteiger partial charge in [0.15, 0.2) is 0 Å². The van der Waals surface area contributed by atoms with Crippen LogP contribution >= 0.6 is 11.8 Å². The van der Waals surface area contributed by atoms with Crippen LogP contribution in [-0.2, 0) is 0 Å². The summed E-state index contributed by atoms with van der Waals surface area (Å²) in [6, 6.07) is 0. The van der Waals surface area contributed by atoms with Gasteiger partial charge in [0, 0.05) is 0 Å². The SMILES string of the molecule is [O-][N+]1=CSCN1. The Morgan fingerprint density at radius 3 is 3.00 bits per heavy atom. The van der Waals surface area contributed by atoms with Gasteiger partial charge in [-0.15, -0.1) is 0 Å². The van der Waals surface area contributed by atoms with E-state index in [1.807, 2.05) is 0 Å². The van der Waals surface area contributed by atoms with E-state index in [1.54, 1.807) is 0 Å². The van der Waals surface area contributed by atoms with E-state index in [4.69, 9.17) is 0 Å². The topological polar surface area (TPSA) is 38.1 Å². The molecule has 0 radical (unpaired) electrons. The minimum absolute atomic E-state index is 0.699. The van der Waals surface area contributed by atoms with Gasteiger partial charge in [0.1, 0.15) is 5.88 Å². The van der Waals surface area contributed by atoms with Crippen LogP contribution in [0.5, 0.6) is 0 Å². The normalized spacial score (nSPS) is 19.7. The van der Waals surface area contributed by atoms with Gasteiger partial charge in [-0.05, 0) is 11.8 Å². The van der Waals surface area contributed by atoms with E-state index in [0.717, 1.165) is 0 Å². The van der Waals surface area contributed by atoms with Crippen molar-refractivity contribution < 1.29 is 4.85 Å². The van der Waals surface area contributed by atoms with Crippen molar-refractivity contribution >= 4 is 17.3 Å². The largest absolute Gasteiger partial charge is 0.596 e. The summed E-state index contributed by atoms with van der Waals surface area (Å²) in [5.41, 5.74) is 3.99. The van der Waals surface area contributed by atoms with Crippen molar-refractivity contribution in [2.24, 2.45) is 0 Å². The van der Waals surface area contributed by atoms with Crippen LogP contribution in [0.25, 0.3) is 0 Å². The van der Waals surface area contributed by atoms with Crippen LogP contribution < -0.4 is 5.43 Å². The highest BCUT2D eigenvalue weighted by molar-refractivity contribution is 8.11. The monoisotopic (exact) mass is 104 g/mol. The Bertz CT molecular complexity index is 81.6. The third kappa shape index (κ3) is 0.567. The summed E-state index contributed by atoms with van der Waals surface area (Å²) < 4.78 is 0. The fourth-order valence-corrected chi connectivity index (χ4v) is 0.729. The number of hydrogen-bond acceptors (Lipinski definition) is 3. The average Bonchev–Trinajstić information content (AvgIpc) is 1.86. The van der Waals surface area contributed by atoms with Gasteiger partial charge in [-0.1, -0.05) is 4.85 Å². The zero-order valence-corrected chi connectivity index (χ0v) is 3.86. The molecule has 0 saturated heterocycles. The molecule has 0 saturated carbocycles. The molecule has 3 nitrogen and oxygen atoms in total. The van der Waals surface area contributed by atoms with Gasteiger partial charge in [0.2, 0.25) is 5.55 Å². The number of hydrazine groups is 1. The molecule has 0 spiro atoms. The number of nitrogens with zero attached hydrogens (tertiary/aromatic N) is 1. The number of nitrogens with one attached hydrogen (secondary N) is 1. The molecular weight excluding hydrogens is 100 g/mol. The number of hydrazone groups is 1. The van der Waals surface area contributed by atoms with Gasteiger partial charge in [0.05, 0.1) is 0 Å². The lowest BCUT2D eigenvalue weighted by Crippen LogP contribution is -2.15. The summed E-state index contributed by atoms with van der Waals surface area (Å²) in [4.78, 5) is 0.699. The molecule has 6 heavy (non-hydrogen) atoms. The van der Waals surface area contributed by atoms with Gasteiger partial charge in [0.25, 0.3) is 0 Å². The lowest BCUT2D eigenvalue weighted by atomic mass is 11.5. The summed E-state index contributed by atoms with van der Waals surface area (Å²) in [6.07, 6.45) is 0. The van der Waals surface area contributed by atoms with Crippen LogP contribution in [0.15, 0.2) is 0 Å². The molecule has 34 valence electrons. The van der Waals surface area contributed by atoms with Gasteiger partial charge in [-0.25, -0.2) is 0 Å². The number of rotatable bonds is 0. The average molecular weight is 104 g/mol. The highest BCUT2D eigenvalue weighted by atomic mass is 32.2. The predicted octanol–water partition coefficient (Wildman–Crippen LogP) is -0.266. The molecular formula is C2H4N2OS. The maximum Gasteiger partial charge on any atom is 0.242 e. The molecule has 0 aromatic heterocycles. The quantitative estimate of drug-likeness (QED) is 0.339. The van der Waals surface area contributed by atoms with Crippen LogP contribution in [0.3, 0.4) is 0 Å². The van der Waals surface area contributed by atoms with E-state index in [9.17, 15) is 5.21 Å². The van der Waals surface area contributed by atoms with Crippen LogP contribution in [0.1, 0.15) is 0 Å². The molecule has 0 atom stereocenters. The van der Waals surface area contributed by atoms with Crippen molar-refractivity contribution in [3.8, 4) is 0 Å². The molecule has 1 aliphatic rings. The van der Waals surface area contributed by atoms with Crippen molar-refractivity contribution in [2.75, 3.05) is 5.88 Å². The Morgan fingerprint density at radius 2 is 2.83 bits per heavy atom.